The van der Waals surface area contributed by atoms with Gasteiger partial charge >= 0.3 is 5.91 Å². The summed E-state index contributed by atoms with van der Waals surface area (Å²) < 4.78 is 0. The molecule has 1 aliphatic heterocycles. The van der Waals surface area contributed by atoms with E-state index in [4.69, 9.17) is 0 Å². The van der Waals surface area contributed by atoms with Gasteiger partial charge in [0.1, 0.15) is 0 Å². The van der Waals surface area contributed by atoms with E-state index in [1.807, 2.05) is 0 Å². The Morgan fingerprint density at radius 1 is 1.25 bits per heavy atom. The van der Waals surface area contributed by atoms with Crippen LogP contribution in [-0.2, 0) is 4.79 Å². The molecule has 0 radical (unpaired) electrons. The van der Waals surface area contributed by atoms with Gasteiger partial charge in [-0.25, -0.2) is 0 Å². The Labute approximate surface area is 67.8 Å². The van der Waals surface area contributed by atoms with Crippen molar-refractivity contribution in [3.05, 3.63) is 30.1 Å². The fourth-order valence-electron chi connectivity index (χ4n) is 0.861. The van der Waals surface area contributed by atoms with Gasteiger partial charge in [-0.2, -0.15) is 0 Å². The third-order valence-corrected chi connectivity index (χ3v) is 1.39. The smallest absolute Gasteiger partial charge is 0.263 e. The predicted octanol–water partition coefficient (Wildman–Crippen LogP) is 0.778. The van der Waals surface area contributed by atoms with E-state index < -0.39 is 5.91 Å². The topological polar surface area (TPSA) is 67.0 Å². The molecule has 12 heavy (non-hydrogen) atoms. The van der Waals surface area contributed by atoms with Crippen molar-refractivity contribution in [2.75, 3.05) is 0 Å². The number of hydrogen-bond donors (Lipinski definition) is 0. The average Bonchev–Trinajstić information content (AvgIpc) is 2.53. The number of hydrogen-bond acceptors (Lipinski definition) is 4. The molecule has 0 N–H and O–H groups in total. The van der Waals surface area contributed by atoms with Gasteiger partial charge in [-0.3, -0.25) is 9.78 Å². The molecule has 5 nitrogen and oxygen atoms in total. The molecular formula is C7H4N4O. The molecule has 0 saturated heterocycles. The van der Waals surface area contributed by atoms with E-state index in [2.05, 4.69) is 20.4 Å². The zero-order valence-corrected chi connectivity index (χ0v) is 6.01. The summed E-state index contributed by atoms with van der Waals surface area (Å²) in [6, 6.07) is 5.22. The van der Waals surface area contributed by atoms with Crippen molar-refractivity contribution < 1.29 is 4.79 Å². The van der Waals surface area contributed by atoms with Crippen LogP contribution in [0.4, 0.5) is 0 Å². The molecule has 0 fully saturated rings. The molecule has 5 heteroatoms. The molecule has 1 aromatic heterocycles. The van der Waals surface area contributed by atoms with E-state index in [0.717, 1.165) is 0 Å². The lowest BCUT2D eigenvalue weighted by molar-refractivity contribution is -0.111. The van der Waals surface area contributed by atoms with Crippen molar-refractivity contribution in [2.45, 2.75) is 0 Å². The summed E-state index contributed by atoms with van der Waals surface area (Å²) in [5.74, 6) is -0.436. The molecule has 2 rings (SSSR count). The summed E-state index contributed by atoms with van der Waals surface area (Å²) in [7, 11) is 0. The Morgan fingerprint density at radius 2 is 2.17 bits per heavy atom. The second-order valence-corrected chi connectivity index (χ2v) is 2.16. The van der Waals surface area contributed by atoms with Crippen LogP contribution in [0, 0.1) is 0 Å². The predicted molar refractivity (Wildman–Crippen MR) is 40.6 cm³/mol. The van der Waals surface area contributed by atoms with E-state index >= 15 is 0 Å². The zero-order valence-electron chi connectivity index (χ0n) is 6.01. The number of pyridine rings is 1. The first-order valence-electron chi connectivity index (χ1n) is 3.32. The fraction of sp³-hybridized carbons (Fsp3) is 0. The Kier molecular flexibility index (Phi) is 1.48. The molecular weight excluding hydrogens is 156 g/mol. The molecule has 0 aliphatic carbocycles. The second kappa shape index (κ2) is 2.61. The monoisotopic (exact) mass is 160 g/mol. The van der Waals surface area contributed by atoms with E-state index in [1.165, 1.54) is 0 Å². The van der Waals surface area contributed by atoms with Crippen LogP contribution in [0.5, 0.6) is 0 Å². The van der Waals surface area contributed by atoms with Crippen molar-refractivity contribution in [2.24, 2.45) is 15.4 Å². The fourth-order valence-corrected chi connectivity index (χ4v) is 0.861. The lowest BCUT2D eigenvalue weighted by Crippen LogP contribution is -2.10. The van der Waals surface area contributed by atoms with Crippen LogP contribution >= 0.6 is 0 Å². The number of carbonyl (C=O) groups excluding carboxylic acids is 1. The van der Waals surface area contributed by atoms with E-state index in [9.17, 15) is 4.79 Å². The third kappa shape index (κ3) is 1.01. The van der Waals surface area contributed by atoms with Crippen molar-refractivity contribution in [1.29, 1.82) is 0 Å². The maximum absolute atomic E-state index is 10.9. The summed E-state index contributed by atoms with van der Waals surface area (Å²) in [6.45, 7) is 0. The number of amides is 1. The normalized spacial score (nSPS) is 15.0. The van der Waals surface area contributed by atoms with Crippen molar-refractivity contribution in [1.82, 2.24) is 4.98 Å². The van der Waals surface area contributed by atoms with Crippen LogP contribution < -0.4 is 0 Å². The molecule has 0 unspecified atom stereocenters. The van der Waals surface area contributed by atoms with Gasteiger partial charge in [0.2, 0.25) is 0 Å². The minimum absolute atomic E-state index is 0.204. The molecule has 1 amide bonds. The lowest BCUT2D eigenvalue weighted by Gasteiger charge is -1.92. The van der Waals surface area contributed by atoms with Crippen LogP contribution in [0.1, 0.15) is 5.69 Å². The zero-order chi connectivity index (χ0) is 8.39. The molecule has 0 spiro atoms. The summed E-state index contributed by atoms with van der Waals surface area (Å²) in [5, 5.41) is 10.0. The van der Waals surface area contributed by atoms with Gasteiger partial charge in [0, 0.05) is 6.20 Å². The van der Waals surface area contributed by atoms with Gasteiger partial charge in [-0.05, 0) is 17.4 Å². The third-order valence-electron chi connectivity index (χ3n) is 1.39. The van der Waals surface area contributed by atoms with Crippen LogP contribution in [0.25, 0.3) is 0 Å². The standard InChI is InChI=1S/C7H4N4O/c12-7-6(9-11-10-7)5-3-1-2-4-8-5/h1-4H. The molecule has 2 heterocycles. The highest BCUT2D eigenvalue weighted by molar-refractivity contribution is 6.45. The second-order valence-electron chi connectivity index (χ2n) is 2.16. The molecule has 1 aliphatic rings. The number of carbonyl (C=O) groups is 1. The van der Waals surface area contributed by atoms with Crippen LogP contribution in [0.3, 0.4) is 0 Å². The van der Waals surface area contributed by atoms with Crippen molar-refractivity contribution >= 4 is 11.6 Å². The quantitative estimate of drug-likeness (QED) is 0.609. The molecule has 0 saturated carbocycles. The highest BCUT2D eigenvalue weighted by atomic mass is 16.2. The Hall–Kier alpha value is -1.91. The van der Waals surface area contributed by atoms with Gasteiger partial charge in [0.25, 0.3) is 0 Å². The Bertz CT molecular complexity index is 368. The summed E-state index contributed by atoms with van der Waals surface area (Å²) in [6.07, 6.45) is 1.59. The van der Waals surface area contributed by atoms with E-state index in [-0.39, 0.29) is 5.71 Å². The maximum Gasteiger partial charge on any atom is 0.319 e. The van der Waals surface area contributed by atoms with Crippen LogP contribution in [-0.4, -0.2) is 16.6 Å². The Balaban J connectivity index is 2.40. The minimum atomic E-state index is -0.436. The number of rotatable bonds is 1. The van der Waals surface area contributed by atoms with Gasteiger partial charge < -0.3 is 0 Å². The number of nitrogens with zero attached hydrogens (tertiary/aromatic N) is 4. The lowest BCUT2D eigenvalue weighted by atomic mass is 10.2. The highest BCUT2D eigenvalue weighted by Crippen LogP contribution is 2.04. The van der Waals surface area contributed by atoms with Gasteiger partial charge in [-0.1, -0.05) is 11.2 Å². The maximum atomic E-state index is 10.9. The van der Waals surface area contributed by atoms with Crippen molar-refractivity contribution in [3.63, 3.8) is 0 Å². The molecule has 58 valence electrons. The van der Waals surface area contributed by atoms with E-state index in [0.29, 0.717) is 5.69 Å². The Morgan fingerprint density at radius 3 is 2.75 bits per heavy atom. The first kappa shape index (κ1) is 6.78. The van der Waals surface area contributed by atoms with Crippen LogP contribution in [0.15, 0.2) is 39.8 Å². The first-order valence-corrected chi connectivity index (χ1v) is 3.32. The highest BCUT2D eigenvalue weighted by Gasteiger charge is 2.18. The molecule has 1 aromatic rings. The summed E-state index contributed by atoms with van der Waals surface area (Å²) in [4.78, 5) is 14.9. The van der Waals surface area contributed by atoms with Gasteiger partial charge in [-0.15, -0.1) is 5.10 Å². The average molecular weight is 160 g/mol. The summed E-state index contributed by atoms with van der Waals surface area (Å²) >= 11 is 0. The molecule has 0 bridgehead atoms. The first-order chi connectivity index (χ1) is 5.88. The molecule has 0 atom stereocenters. The minimum Gasteiger partial charge on any atom is -0.263 e. The van der Waals surface area contributed by atoms with Gasteiger partial charge in [0.15, 0.2) is 5.71 Å². The van der Waals surface area contributed by atoms with Gasteiger partial charge in [0.05, 0.1) is 5.69 Å². The van der Waals surface area contributed by atoms with Crippen molar-refractivity contribution in [3.8, 4) is 0 Å². The number of aromatic nitrogens is 1. The van der Waals surface area contributed by atoms with Crippen LogP contribution in [0.2, 0.25) is 0 Å². The SMILES string of the molecule is O=C1N=NN=C1c1ccccn1. The summed E-state index contributed by atoms with van der Waals surface area (Å²) in [5.41, 5.74) is 0.711. The van der Waals surface area contributed by atoms with E-state index in [1.54, 1.807) is 24.4 Å². The largest absolute Gasteiger partial charge is 0.319 e. The molecule has 0 aromatic carbocycles.